The van der Waals surface area contributed by atoms with E-state index in [1.807, 2.05) is 0 Å². The highest BCUT2D eigenvalue weighted by Gasteiger charge is 2.16. The van der Waals surface area contributed by atoms with Crippen LogP contribution in [0.4, 0.5) is 0 Å². The van der Waals surface area contributed by atoms with Gasteiger partial charge in [-0.15, -0.1) is 0 Å². The fourth-order valence-corrected chi connectivity index (χ4v) is 2.51. The molecule has 3 heteroatoms. The summed E-state index contributed by atoms with van der Waals surface area (Å²) in [7, 11) is 0. The molecule has 1 atom stereocenters. The molecular weight excluding hydrogens is 200 g/mol. The number of hydrogen-bond donors (Lipinski definition) is 2. The maximum absolute atomic E-state index is 11.7. The van der Waals surface area contributed by atoms with Crippen molar-refractivity contribution in [2.45, 2.75) is 57.0 Å². The van der Waals surface area contributed by atoms with Crippen molar-refractivity contribution < 1.29 is 4.79 Å². The van der Waals surface area contributed by atoms with Crippen LogP contribution in [-0.2, 0) is 4.79 Å². The first-order valence-electron chi connectivity index (χ1n) is 6.52. The molecule has 16 heavy (non-hydrogen) atoms. The molecule has 2 N–H and O–H groups in total. The average molecular weight is 222 g/mol. The predicted molar refractivity (Wildman–Crippen MR) is 65.2 cm³/mol. The van der Waals surface area contributed by atoms with Gasteiger partial charge < -0.3 is 10.6 Å². The maximum Gasteiger partial charge on any atom is 0.220 e. The molecule has 0 aromatic carbocycles. The van der Waals surface area contributed by atoms with Gasteiger partial charge in [0.2, 0.25) is 5.91 Å². The third-order valence-electron chi connectivity index (χ3n) is 3.51. The Morgan fingerprint density at radius 2 is 2.12 bits per heavy atom. The van der Waals surface area contributed by atoms with Crippen molar-refractivity contribution in [1.29, 1.82) is 0 Å². The van der Waals surface area contributed by atoms with Crippen molar-refractivity contribution in [3.05, 3.63) is 12.2 Å². The Morgan fingerprint density at radius 3 is 2.81 bits per heavy atom. The van der Waals surface area contributed by atoms with Crippen molar-refractivity contribution in [1.82, 2.24) is 10.6 Å². The van der Waals surface area contributed by atoms with Gasteiger partial charge in [-0.05, 0) is 38.6 Å². The average Bonchev–Trinajstić information content (AvgIpc) is 2.81. The van der Waals surface area contributed by atoms with Crippen molar-refractivity contribution in [3.8, 4) is 0 Å². The predicted octanol–water partition coefficient (Wildman–Crippen LogP) is 1.74. The number of carbonyl (C=O) groups is 1. The van der Waals surface area contributed by atoms with Crippen molar-refractivity contribution >= 4 is 5.91 Å². The Morgan fingerprint density at radius 1 is 1.31 bits per heavy atom. The number of amides is 1. The number of carbonyl (C=O) groups excluding carboxylic acids is 1. The van der Waals surface area contributed by atoms with Crippen molar-refractivity contribution in [2.24, 2.45) is 0 Å². The standard InChI is InChI=1S/C13H22N2O/c16-13(15-12-6-1-2-7-12)9-8-11-5-3-4-10-14-11/h1-2,11-12,14H,3-10H2,(H,15,16). The minimum absolute atomic E-state index is 0.223. The molecule has 0 aromatic heterocycles. The van der Waals surface area contributed by atoms with Crippen molar-refractivity contribution in [3.63, 3.8) is 0 Å². The Hall–Kier alpha value is -0.830. The summed E-state index contributed by atoms with van der Waals surface area (Å²) in [6.45, 7) is 1.12. The van der Waals surface area contributed by atoms with Crippen LogP contribution in [-0.4, -0.2) is 24.5 Å². The van der Waals surface area contributed by atoms with Crippen LogP contribution >= 0.6 is 0 Å². The van der Waals surface area contributed by atoms with Crippen LogP contribution in [0.5, 0.6) is 0 Å². The molecule has 2 rings (SSSR count). The van der Waals surface area contributed by atoms with E-state index in [-0.39, 0.29) is 5.91 Å². The van der Waals surface area contributed by atoms with E-state index in [0.29, 0.717) is 18.5 Å². The molecule has 1 unspecified atom stereocenters. The molecule has 1 aliphatic carbocycles. The minimum atomic E-state index is 0.223. The molecule has 0 spiro atoms. The van der Waals surface area contributed by atoms with E-state index in [4.69, 9.17) is 0 Å². The van der Waals surface area contributed by atoms with E-state index in [2.05, 4.69) is 22.8 Å². The van der Waals surface area contributed by atoms with Crippen molar-refractivity contribution in [2.75, 3.05) is 6.54 Å². The van der Waals surface area contributed by atoms with E-state index in [0.717, 1.165) is 25.8 Å². The van der Waals surface area contributed by atoms with Gasteiger partial charge in [0, 0.05) is 18.5 Å². The SMILES string of the molecule is O=C(CCC1CCCCN1)NC1CC=CC1. The van der Waals surface area contributed by atoms with Crippen LogP contribution in [0, 0.1) is 0 Å². The number of nitrogens with one attached hydrogen (secondary N) is 2. The number of hydrogen-bond acceptors (Lipinski definition) is 2. The lowest BCUT2D eigenvalue weighted by Gasteiger charge is -2.23. The van der Waals surface area contributed by atoms with Gasteiger partial charge in [-0.1, -0.05) is 18.6 Å². The van der Waals surface area contributed by atoms with Gasteiger partial charge in [-0.25, -0.2) is 0 Å². The van der Waals surface area contributed by atoms with E-state index < -0.39 is 0 Å². The summed E-state index contributed by atoms with van der Waals surface area (Å²) in [5.74, 6) is 0.223. The van der Waals surface area contributed by atoms with Crippen LogP contribution in [0.15, 0.2) is 12.2 Å². The zero-order valence-electron chi connectivity index (χ0n) is 9.87. The van der Waals surface area contributed by atoms with Gasteiger partial charge in [-0.3, -0.25) is 4.79 Å². The summed E-state index contributed by atoms with van der Waals surface area (Å²) in [4.78, 5) is 11.7. The fourth-order valence-electron chi connectivity index (χ4n) is 2.51. The minimum Gasteiger partial charge on any atom is -0.353 e. The van der Waals surface area contributed by atoms with E-state index >= 15 is 0 Å². The molecule has 2 aliphatic rings. The van der Waals surface area contributed by atoms with Gasteiger partial charge in [-0.2, -0.15) is 0 Å². The van der Waals surface area contributed by atoms with Crippen LogP contribution in [0.25, 0.3) is 0 Å². The smallest absolute Gasteiger partial charge is 0.220 e. The highest BCUT2D eigenvalue weighted by atomic mass is 16.1. The Bertz CT molecular complexity index is 249. The highest BCUT2D eigenvalue weighted by Crippen LogP contribution is 2.13. The lowest BCUT2D eigenvalue weighted by Crippen LogP contribution is -2.37. The van der Waals surface area contributed by atoms with Gasteiger partial charge in [0.1, 0.15) is 0 Å². The highest BCUT2D eigenvalue weighted by molar-refractivity contribution is 5.76. The summed E-state index contributed by atoms with van der Waals surface area (Å²) < 4.78 is 0. The second-order valence-corrected chi connectivity index (χ2v) is 4.89. The molecule has 1 amide bonds. The Kier molecular flexibility index (Phi) is 4.40. The second-order valence-electron chi connectivity index (χ2n) is 4.89. The first-order valence-corrected chi connectivity index (χ1v) is 6.52. The lowest BCUT2D eigenvalue weighted by atomic mass is 10.0. The van der Waals surface area contributed by atoms with Crippen LogP contribution in [0.3, 0.4) is 0 Å². The van der Waals surface area contributed by atoms with E-state index in [1.165, 1.54) is 19.3 Å². The zero-order valence-corrected chi connectivity index (χ0v) is 9.87. The third-order valence-corrected chi connectivity index (χ3v) is 3.51. The van der Waals surface area contributed by atoms with Gasteiger partial charge in [0.25, 0.3) is 0 Å². The molecule has 0 aromatic rings. The quantitative estimate of drug-likeness (QED) is 0.711. The van der Waals surface area contributed by atoms with Gasteiger partial charge in [0.05, 0.1) is 0 Å². The largest absolute Gasteiger partial charge is 0.353 e. The summed E-state index contributed by atoms with van der Waals surface area (Å²) in [6, 6.07) is 0.938. The summed E-state index contributed by atoms with van der Waals surface area (Å²) in [5.41, 5.74) is 0. The molecule has 1 saturated heterocycles. The lowest BCUT2D eigenvalue weighted by molar-refractivity contribution is -0.121. The molecule has 1 heterocycles. The summed E-state index contributed by atoms with van der Waals surface area (Å²) in [6.07, 6.45) is 11.8. The molecule has 1 aliphatic heterocycles. The third kappa shape index (κ3) is 3.63. The monoisotopic (exact) mass is 222 g/mol. The molecule has 3 nitrogen and oxygen atoms in total. The Balaban J connectivity index is 1.59. The van der Waals surface area contributed by atoms with E-state index in [9.17, 15) is 4.79 Å². The number of piperidine rings is 1. The molecule has 0 saturated carbocycles. The topological polar surface area (TPSA) is 41.1 Å². The maximum atomic E-state index is 11.7. The van der Waals surface area contributed by atoms with E-state index in [1.54, 1.807) is 0 Å². The normalized spacial score (nSPS) is 25.9. The first-order chi connectivity index (χ1) is 7.84. The molecule has 1 fully saturated rings. The summed E-state index contributed by atoms with van der Waals surface area (Å²) >= 11 is 0. The van der Waals surface area contributed by atoms with Gasteiger partial charge in [0.15, 0.2) is 0 Å². The Labute approximate surface area is 97.7 Å². The molecule has 90 valence electrons. The molecule has 0 bridgehead atoms. The second kappa shape index (κ2) is 6.04. The zero-order chi connectivity index (χ0) is 11.2. The molecule has 0 radical (unpaired) electrons. The van der Waals surface area contributed by atoms with Crippen LogP contribution in [0.1, 0.15) is 44.9 Å². The molecular formula is C13H22N2O. The fraction of sp³-hybridized carbons (Fsp3) is 0.769. The van der Waals surface area contributed by atoms with Crippen LogP contribution < -0.4 is 10.6 Å². The van der Waals surface area contributed by atoms with Gasteiger partial charge >= 0.3 is 0 Å². The number of rotatable bonds is 4. The van der Waals surface area contributed by atoms with Crippen LogP contribution in [0.2, 0.25) is 0 Å². The first kappa shape index (κ1) is 11.6. The summed E-state index contributed by atoms with van der Waals surface area (Å²) in [5, 5.41) is 6.56.